The van der Waals surface area contributed by atoms with Gasteiger partial charge in [-0.2, -0.15) is 0 Å². The quantitative estimate of drug-likeness (QED) is 0.277. The summed E-state index contributed by atoms with van der Waals surface area (Å²) in [4.78, 5) is 32.5. The molecular formula is C27H37ClN2O6. The van der Waals surface area contributed by atoms with Crippen LogP contribution in [0.15, 0.2) is 35.0 Å². The summed E-state index contributed by atoms with van der Waals surface area (Å²) in [5.41, 5.74) is 1.43. The van der Waals surface area contributed by atoms with E-state index in [9.17, 15) is 19.8 Å². The van der Waals surface area contributed by atoms with Crippen LogP contribution in [0, 0.1) is 0 Å². The number of nitrogens with zero attached hydrogens (tertiary/aromatic N) is 2. The number of fused-ring (bicyclic) bond motifs is 1. The van der Waals surface area contributed by atoms with Crippen molar-refractivity contribution in [1.82, 2.24) is 4.90 Å². The molecule has 1 heterocycles. The first kappa shape index (κ1) is 29.2. The molecule has 0 aromatic heterocycles. The first-order valence-corrected chi connectivity index (χ1v) is 12.8. The van der Waals surface area contributed by atoms with E-state index in [0.717, 1.165) is 30.9 Å². The number of benzene rings is 1. The predicted octanol–water partition coefficient (Wildman–Crippen LogP) is 5.55. The molecule has 0 aliphatic carbocycles. The van der Waals surface area contributed by atoms with Crippen molar-refractivity contribution in [1.29, 1.82) is 0 Å². The molecule has 0 radical (unpaired) electrons. The number of amides is 1. The maximum Gasteiger partial charge on any atom is 0.342 e. The zero-order chi connectivity index (χ0) is 26.7. The van der Waals surface area contributed by atoms with Gasteiger partial charge in [0.2, 0.25) is 0 Å². The number of likely N-dealkylation sites (N-methyl/N-ethyl adjacent to an activating group) is 1. The van der Waals surface area contributed by atoms with Gasteiger partial charge in [0.05, 0.1) is 10.7 Å². The number of esters is 1. The minimum atomic E-state index is -0.731. The number of hydrogen-bond acceptors (Lipinski definition) is 7. The van der Waals surface area contributed by atoms with Crippen LogP contribution in [0.25, 0.3) is 0 Å². The lowest BCUT2D eigenvalue weighted by molar-refractivity contribution is -0.135. The van der Waals surface area contributed by atoms with E-state index in [4.69, 9.17) is 21.2 Å². The number of hydrogen-bond donors (Lipinski definition) is 2. The van der Waals surface area contributed by atoms with Crippen molar-refractivity contribution in [3.05, 3.63) is 46.0 Å². The van der Waals surface area contributed by atoms with Gasteiger partial charge in [-0.3, -0.25) is 4.79 Å². The summed E-state index contributed by atoms with van der Waals surface area (Å²) in [5.74, 6) is -1.73. The molecule has 8 nitrogen and oxygen atoms in total. The van der Waals surface area contributed by atoms with Crippen molar-refractivity contribution in [2.75, 3.05) is 19.7 Å². The van der Waals surface area contributed by atoms with Gasteiger partial charge in [-0.15, -0.1) is 0 Å². The minimum Gasteiger partial charge on any atom is -0.507 e. The van der Waals surface area contributed by atoms with Gasteiger partial charge >= 0.3 is 5.97 Å². The minimum absolute atomic E-state index is 0.0314. The van der Waals surface area contributed by atoms with Gasteiger partial charge in [-0.05, 0) is 51.7 Å². The molecule has 0 saturated heterocycles. The van der Waals surface area contributed by atoms with Crippen LogP contribution in [0.4, 0.5) is 0 Å². The molecule has 0 bridgehead atoms. The largest absolute Gasteiger partial charge is 0.507 e. The number of cyclic esters (lactones) is 1. The molecular weight excluding hydrogens is 484 g/mol. The second-order valence-electron chi connectivity index (χ2n) is 8.73. The Morgan fingerprint density at radius 2 is 1.94 bits per heavy atom. The third kappa shape index (κ3) is 8.29. The summed E-state index contributed by atoms with van der Waals surface area (Å²) in [7, 11) is 0. The van der Waals surface area contributed by atoms with E-state index in [-0.39, 0.29) is 46.9 Å². The highest BCUT2D eigenvalue weighted by Crippen LogP contribution is 2.37. The smallest absolute Gasteiger partial charge is 0.342 e. The SMILES string of the molecule is CCCC1CC=CCCC(C)=CC(=NOCC(=O)N(CC)CC)Cc2c(Cl)c(O)cc(O)c2C(=O)O1. The fourth-order valence-electron chi connectivity index (χ4n) is 4.00. The predicted molar refractivity (Wildman–Crippen MR) is 141 cm³/mol. The molecule has 1 unspecified atom stereocenters. The van der Waals surface area contributed by atoms with Gasteiger partial charge in [0.25, 0.3) is 5.91 Å². The molecule has 198 valence electrons. The molecule has 1 atom stereocenters. The second kappa shape index (κ2) is 14.5. The fourth-order valence-corrected chi connectivity index (χ4v) is 4.21. The molecule has 1 aromatic rings. The molecule has 1 aromatic carbocycles. The lowest BCUT2D eigenvalue weighted by Gasteiger charge is -2.19. The van der Waals surface area contributed by atoms with Crippen LogP contribution < -0.4 is 0 Å². The van der Waals surface area contributed by atoms with Crippen LogP contribution in [-0.2, 0) is 20.8 Å². The number of carbonyl (C=O) groups is 2. The monoisotopic (exact) mass is 520 g/mol. The van der Waals surface area contributed by atoms with Crippen LogP contribution in [0.3, 0.4) is 0 Å². The zero-order valence-electron chi connectivity index (χ0n) is 21.6. The molecule has 0 fully saturated rings. The van der Waals surface area contributed by atoms with Gasteiger partial charge in [-0.1, -0.05) is 47.8 Å². The van der Waals surface area contributed by atoms with Gasteiger partial charge in [0.1, 0.15) is 23.2 Å². The molecule has 0 spiro atoms. The molecule has 1 aliphatic heterocycles. The summed E-state index contributed by atoms with van der Waals surface area (Å²) in [6.45, 7) is 8.60. The Kier molecular flexibility index (Phi) is 11.8. The van der Waals surface area contributed by atoms with Crippen LogP contribution in [0.5, 0.6) is 11.5 Å². The number of halogens is 1. The normalized spacial score (nSPS) is 18.1. The van der Waals surface area contributed by atoms with Crippen molar-refractivity contribution >= 4 is 29.2 Å². The van der Waals surface area contributed by atoms with Crippen LogP contribution in [-0.4, -0.2) is 58.5 Å². The van der Waals surface area contributed by atoms with Crippen molar-refractivity contribution in [3.8, 4) is 11.5 Å². The highest BCUT2D eigenvalue weighted by molar-refractivity contribution is 6.33. The van der Waals surface area contributed by atoms with Crippen molar-refractivity contribution < 1.29 is 29.4 Å². The number of rotatable bonds is 7. The van der Waals surface area contributed by atoms with E-state index in [1.54, 1.807) is 11.0 Å². The molecule has 9 heteroatoms. The second-order valence-corrected chi connectivity index (χ2v) is 9.11. The summed E-state index contributed by atoms with van der Waals surface area (Å²) in [5, 5.41) is 24.9. The van der Waals surface area contributed by atoms with Crippen LogP contribution in [0.2, 0.25) is 5.02 Å². The highest BCUT2D eigenvalue weighted by Gasteiger charge is 2.26. The van der Waals surface area contributed by atoms with E-state index >= 15 is 0 Å². The average molecular weight is 521 g/mol. The Morgan fingerprint density at radius 3 is 2.61 bits per heavy atom. The number of phenols is 2. The lowest BCUT2D eigenvalue weighted by atomic mass is 9.98. The summed E-state index contributed by atoms with van der Waals surface area (Å²) < 4.78 is 5.73. The Hall–Kier alpha value is -3.00. The van der Waals surface area contributed by atoms with Crippen LogP contribution >= 0.6 is 11.6 Å². The third-order valence-corrected chi connectivity index (χ3v) is 6.36. The fraction of sp³-hybridized carbons (Fsp3) is 0.519. The first-order chi connectivity index (χ1) is 17.2. The summed E-state index contributed by atoms with van der Waals surface area (Å²) in [6, 6.07) is 1.03. The van der Waals surface area contributed by atoms with E-state index in [2.05, 4.69) is 11.2 Å². The first-order valence-electron chi connectivity index (χ1n) is 12.4. The van der Waals surface area contributed by atoms with Gasteiger partial charge in [0, 0.05) is 32.0 Å². The van der Waals surface area contributed by atoms with Gasteiger partial charge < -0.3 is 24.7 Å². The molecule has 36 heavy (non-hydrogen) atoms. The number of carbonyl (C=O) groups excluding carboxylic acids is 2. The van der Waals surface area contributed by atoms with Gasteiger partial charge in [-0.25, -0.2) is 4.79 Å². The topological polar surface area (TPSA) is 109 Å². The summed E-state index contributed by atoms with van der Waals surface area (Å²) in [6.07, 6.45) is 9.06. The number of aromatic hydroxyl groups is 2. The van der Waals surface area contributed by atoms with Crippen molar-refractivity contribution in [2.24, 2.45) is 5.16 Å². The van der Waals surface area contributed by atoms with E-state index in [1.165, 1.54) is 0 Å². The third-order valence-electron chi connectivity index (χ3n) is 5.94. The Bertz CT molecular complexity index is 1010. The number of allylic oxidation sites excluding steroid dienone is 3. The average Bonchev–Trinajstić information content (AvgIpc) is 2.82. The zero-order valence-corrected chi connectivity index (χ0v) is 22.3. The Balaban J connectivity index is 2.51. The number of ether oxygens (including phenoxy) is 1. The van der Waals surface area contributed by atoms with Crippen molar-refractivity contribution in [3.63, 3.8) is 0 Å². The highest BCUT2D eigenvalue weighted by atomic mass is 35.5. The molecule has 1 aliphatic rings. The molecule has 0 saturated carbocycles. The Labute approximate surface area is 218 Å². The van der Waals surface area contributed by atoms with Crippen LogP contribution in [0.1, 0.15) is 75.7 Å². The number of oxime groups is 1. The Morgan fingerprint density at radius 1 is 1.22 bits per heavy atom. The standard InChI is InChI=1S/C27H37ClN2O6/c1-5-11-20-13-10-8-9-12-18(4)14-19(29-35-17-24(33)30(6-2)7-3)15-21-25(27(34)36-20)22(31)16-23(32)26(21)28/h8,10,14,16,20,31-32H,5-7,9,11-13,15,17H2,1-4H3. The molecule has 2 N–H and O–H groups in total. The van der Waals surface area contributed by atoms with E-state index in [1.807, 2.05) is 33.8 Å². The van der Waals surface area contributed by atoms with E-state index in [0.29, 0.717) is 31.6 Å². The van der Waals surface area contributed by atoms with Crippen molar-refractivity contribution in [2.45, 2.75) is 72.3 Å². The maximum atomic E-state index is 13.2. The lowest BCUT2D eigenvalue weighted by Crippen LogP contribution is -2.33. The molecule has 1 amide bonds. The van der Waals surface area contributed by atoms with Gasteiger partial charge in [0.15, 0.2) is 6.61 Å². The molecule has 2 rings (SSSR count). The maximum absolute atomic E-state index is 13.2. The summed E-state index contributed by atoms with van der Waals surface area (Å²) >= 11 is 6.41. The van der Waals surface area contributed by atoms with E-state index < -0.39 is 11.7 Å². The number of phenolic OH excluding ortho intramolecular Hbond substituents is 2.